The van der Waals surface area contributed by atoms with E-state index in [2.05, 4.69) is 19.9 Å². The number of H-pyrrole nitrogens is 1. The summed E-state index contributed by atoms with van der Waals surface area (Å²) < 4.78 is 67.6. The van der Waals surface area contributed by atoms with Gasteiger partial charge in [-0.2, -0.15) is 0 Å². The molecule has 2 aliphatic heterocycles. The number of aromatic nitrogens is 1. The van der Waals surface area contributed by atoms with Crippen molar-refractivity contribution in [3.05, 3.63) is 76.1 Å². The first kappa shape index (κ1) is 29.4. The van der Waals surface area contributed by atoms with E-state index in [1.54, 1.807) is 19.9 Å². The van der Waals surface area contributed by atoms with E-state index in [1.165, 1.54) is 30.3 Å². The second-order valence-corrected chi connectivity index (χ2v) is 12.4. The van der Waals surface area contributed by atoms with Crippen LogP contribution in [-0.4, -0.2) is 74.6 Å². The number of halogens is 3. The van der Waals surface area contributed by atoms with Gasteiger partial charge in [0.25, 0.3) is 11.8 Å². The van der Waals surface area contributed by atoms with Gasteiger partial charge in [0.1, 0.15) is 5.75 Å². The quantitative estimate of drug-likeness (QED) is 0.405. The van der Waals surface area contributed by atoms with Gasteiger partial charge >= 0.3 is 6.36 Å². The van der Waals surface area contributed by atoms with Gasteiger partial charge in [-0.25, -0.2) is 8.42 Å². The molecule has 9 nitrogen and oxygen atoms in total. The van der Waals surface area contributed by atoms with Crippen LogP contribution in [0.15, 0.2) is 47.4 Å². The highest BCUT2D eigenvalue weighted by Gasteiger charge is 2.32. The van der Waals surface area contributed by atoms with Gasteiger partial charge in [0.05, 0.1) is 21.8 Å². The number of likely N-dealkylation sites (N-methyl/N-ethyl adjacent to an activating group) is 1. The van der Waals surface area contributed by atoms with E-state index in [4.69, 9.17) is 0 Å². The van der Waals surface area contributed by atoms with Crippen molar-refractivity contribution in [1.82, 2.24) is 14.8 Å². The number of nitrogens with zero attached hydrogens (tertiary/aromatic N) is 2. The van der Waals surface area contributed by atoms with E-state index in [-0.39, 0.29) is 21.9 Å². The minimum absolute atomic E-state index is 0.0513. The fourth-order valence-electron chi connectivity index (χ4n) is 5.15. The molecule has 0 atom stereocenters. The normalized spacial score (nSPS) is 17.0. The maximum absolute atomic E-state index is 13.3. The third-order valence-corrected chi connectivity index (χ3v) is 9.10. The Balaban J connectivity index is 1.41. The van der Waals surface area contributed by atoms with E-state index in [9.17, 15) is 31.2 Å². The number of sulfone groups is 1. The first-order valence-corrected chi connectivity index (χ1v) is 14.8. The van der Waals surface area contributed by atoms with Crippen molar-refractivity contribution >= 4 is 39.0 Å². The second kappa shape index (κ2) is 11.0. The molecule has 5 rings (SSSR count). The van der Waals surface area contributed by atoms with Crippen LogP contribution in [0.3, 0.4) is 0 Å². The van der Waals surface area contributed by atoms with Crippen molar-refractivity contribution < 1.29 is 35.9 Å². The first-order chi connectivity index (χ1) is 19.7. The van der Waals surface area contributed by atoms with Crippen LogP contribution in [-0.2, 0) is 20.4 Å². The molecule has 222 valence electrons. The lowest BCUT2D eigenvalue weighted by Crippen LogP contribution is -2.47. The van der Waals surface area contributed by atoms with Crippen molar-refractivity contribution in [2.45, 2.75) is 30.9 Å². The standard InChI is InChI=1S/C29H29F3N4O5S/c1-17-25(33-18(2)26(17)28(38)36-12-10-35(3)11-13-36)15-23-22-14-21(8-9-24(22)34-27(23)37)42(39,40)16-19-4-6-20(7-5-19)41-29(30,31)32/h4-9,14-15,33H,10-13,16H2,1-3H3,(H,34,37)/b23-15-. The third kappa shape index (κ3) is 6.07. The highest BCUT2D eigenvalue weighted by Crippen LogP contribution is 2.36. The number of aryl methyl sites for hydroxylation is 1. The minimum atomic E-state index is -4.85. The fourth-order valence-corrected chi connectivity index (χ4v) is 6.52. The average molecular weight is 603 g/mol. The molecule has 0 radical (unpaired) electrons. The van der Waals surface area contributed by atoms with Crippen LogP contribution in [0.1, 0.15) is 38.4 Å². The number of hydrogen-bond donors (Lipinski definition) is 2. The predicted molar refractivity (Wildman–Crippen MR) is 151 cm³/mol. The Hall–Kier alpha value is -4.10. The Labute approximate surface area is 240 Å². The van der Waals surface area contributed by atoms with Gasteiger partial charge in [-0.3, -0.25) is 9.59 Å². The van der Waals surface area contributed by atoms with Crippen LogP contribution in [0.2, 0.25) is 0 Å². The molecule has 3 heterocycles. The van der Waals surface area contributed by atoms with Gasteiger partial charge < -0.3 is 24.8 Å². The van der Waals surface area contributed by atoms with Crippen LogP contribution >= 0.6 is 0 Å². The molecule has 1 aromatic heterocycles. The number of anilines is 1. The molecule has 0 unspecified atom stereocenters. The SMILES string of the molecule is Cc1[nH]c(/C=C2\C(=O)Nc3ccc(S(=O)(=O)Cc4ccc(OC(F)(F)F)cc4)cc32)c(C)c1C(=O)N1CCN(C)CC1. The Morgan fingerprint density at radius 3 is 2.36 bits per heavy atom. The number of hydrogen-bond acceptors (Lipinski definition) is 6. The van der Waals surface area contributed by atoms with Gasteiger partial charge in [-0.15, -0.1) is 13.2 Å². The van der Waals surface area contributed by atoms with Crippen molar-refractivity contribution in [3.8, 4) is 5.75 Å². The summed E-state index contributed by atoms with van der Waals surface area (Å²) in [4.78, 5) is 33.3. The highest BCUT2D eigenvalue weighted by molar-refractivity contribution is 7.90. The topological polar surface area (TPSA) is 112 Å². The van der Waals surface area contributed by atoms with Crippen molar-refractivity contribution in [1.29, 1.82) is 0 Å². The molecule has 2 N–H and O–H groups in total. The zero-order chi connectivity index (χ0) is 30.4. The number of piperazine rings is 1. The molecule has 2 aromatic carbocycles. The van der Waals surface area contributed by atoms with E-state index in [1.807, 2.05) is 11.9 Å². The Morgan fingerprint density at radius 1 is 1.05 bits per heavy atom. The highest BCUT2D eigenvalue weighted by atomic mass is 32.2. The summed E-state index contributed by atoms with van der Waals surface area (Å²) in [6.45, 7) is 6.41. The Bertz CT molecular complexity index is 1690. The Kier molecular flexibility index (Phi) is 7.66. The summed E-state index contributed by atoms with van der Waals surface area (Å²) in [5.41, 5.74) is 3.80. The van der Waals surface area contributed by atoms with E-state index in [0.29, 0.717) is 46.9 Å². The summed E-state index contributed by atoms with van der Waals surface area (Å²) >= 11 is 0. The summed E-state index contributed by atoms with van der Waals surface area (Å²) in [5.74, 6) is -1.42. The van der Waals surface area contributed by atoms with Crippen LogP contribution in [0.5, 0.6) is 5.75 Å². The average Bonchev–Trinajstić information content (AvgIpc) is 3.38. The molecule has 0 spiro atoms. The van der Waals surface area contributed by atoms with Crippen LogP contribution in [0.4, 0.5) is 18.9 Å². The smallest absolute Gasteiger partial charge is 0.406 e. The van der Waals surface area contributed by atoms with E-state index in [0.717, 1.165) is 25.2 Å². The van der Waals surface area contributed by atoms with Crippen LogP contribution < -0.4 is 10.1 Å². The number of fused-ring (bicyclic) bond motifs is 1. The minimum Gasteiger partial charge on any atom is -0.406 e. The maximum Gasteiger partial charge on any atom is 0.573 e. The lowest BCUT2D eigenvalue weighted by molar-refractivity contribution is -0.274. The molecule has 1 saturated heterocycles. The molecule has 3 aromatic rings. The number of aromatic amines is 1. The number of carbonyl (C=O) groups is 2. The summed E-state index contributed by atoms with van der Waals surface area (Å²) in [7, 11) is -1.92. The third-order valence-electron chi connectivity index (χ3n) is 7.42. The van der Waals surface area contributed by atoms with Crippen LogP contribution in [0.25, 0.3) is 11.6 Å². The number of amides is 2. The fraction of sp³-hybridized carbons (Fsp3) is 0.310. The zero-order valence-electron chi connectivity index (χ0n) is 23.1. The number of ether oxygens (including phenoxy) is 1. The van der Waals surface area contributed by atoms with Gasteiger partial charge in [-0.05, 0) is 68.4 Å². The monoisotopic (exact) mass is 602 g/mol. The Morgan fingerprint density at radius 2 is 1.71 bits per heavy atom. The second-order valence-electron chi connectivity index (χ2n) is 10.4. The van der Waals surface area contributed by atoms with Gasteiger partial charge in [-0.1, -0.05) is 12.1 Å². The summed E-state index contributed by atoms with van der Waals surface area (Å²) in [5, 5.41) is 2.74. The molecule has 2 aliphatic rings. The summed E-state index contributed by atoms with van der Waals surface area (Å²) in [6.07, 6.45) is -3.24. The lowest BCUT2D eigenvalue weighted by atomic mass is 10.0. The van der Waals surface area contributed by atoms with Gasteiger partial charge in [0, 0.05) is 48.8 Å². The number of carbonyl (C=O) groups excluding carboxylic acids is 2. The first-order valence-electron chi connectivity index (χ1n) is 13.1. The predicted octanol–water partition coefficient (Wildman–Crippen LogP) is 4.38. The van der Waals surface area contributed by atoms with Gasteiger partial charge in [0.2, 0.25) is 0 Å². The largest absolute Gasteiger partial charge is 0.573 e. The zero-order valence-corrected chi connectivity index (χ0v) is 23.9. The van der Waals surface area contributed by atoms with Gasteiger partial charge in [0.15, 0.2) is 9.84 Å². The van der Waals surface area contributed by atoms with E-state index < -0.39 is 33.6 Å². The number of alkyl halides is 3. The molecule has 2 amide bonds. The molecule has 1 fully saturated rings. The molecule has 0 saturated carbocycles. The van der Waals surface area contributed by atoms with Crippen molar-refractivity contribution in [3.63, 3.8) is 0 Å². The number of nitrogens with one attached hydrogen (secondary N) is 2. The molecule has 0 aliphatic carbocycles. The van der Waals surface area contributed by atoms with E-state index >= 15 is 0 Å². The molecule has 0 bridgehead atoms. The van der Waals surface area contributed by atoms with Crippen molar-refractivity contribution in [2.75, 3.05) is 38.5 Å². The van der Waals surface area contributed by atoms with Crippen LogP contribution in [0, 0.1) is 13.8 Å². The molecule has 42 heavy (non-hydrogen) atoms. The number of rotatable bonds is 6. The molecular formula is C29H29F3N4O5S. The molecular weight excluding hydrogens is 573 g/mol. The summed E-state index contributed by atoms with van der Waals surface area (Å²) in [6, 6.07) is 8.87. The lowest BCUT2D eigenvalue weighted by Gasteiger charge is -2.32. The maximum atomic E-state index is 13.3. The molecule has 13 heteroatoms. The number of benzene rings is 2. The van der Waals surface area contributed by atoms with Crippen molar-refractivity contribution in [2.24, 2.45) is 0 Å².